The summed E-state index contributed by atoms with van der Waals surface area (Å²) in [6, 6.07) is 3.89. The minimum atomic E-state index is 0.543. The predicted octanol–water partition coefficient (Wildman–Crippen LogP) is 4.67. The van der Waals surface area contributed by atoms with Gasteiger partial charge in [0.25, 0.3) is 0 Å². The molecule has 1 aromatic carbocycles. The van der Waals surface area contributed by atoms with E-state index in [0.717, 1.165) is 21.6 Å². The first-order valence-corrected chi connectivity index (χ1v) is 9.56. The highest BCUT2D eigenvalue weighted by atomic mass is 32.1. The average molecular weight is 384 g/mol. The Bertz CT molecular complexity index is 739. The summed E-state index contributed by atoms with van der Waals surface area (Å²) in [5.41, 5.74) is 2.05. The summed E-state index contributed by atoms with van der Waals surface area (Å²) in [6.07, 6.45) is 0.907. The summed E-state index contributed by atoms with van der Waals surface area (Å²) >= 11 is 7.02. The highest BCUT2D eigenvalue weighted by Gasteiger charge is 2.18. The first kappa shape index (κ1) is 19.8. The van der Waals surface area contributed by atoms with Gasteiger partial charge in [0.15, 0.2) is 15.5 Å². The molecule has 2 aromatic rings. The second-order valence-corrected chi connectivity index (χ2v) is 6.86. The van der Waals surface area contributed by atoms with Gasteiger partial charge in [0.2, 0.25) is 5.75 Å². The van der Waals surface area contributed by atoms with Gasteiger partial charge in [-0.15, -0.1) is 11.3 Å². The van der Waals surface area contributed by atoms with Gasteiger partial charge in [-0.25, -0.2) is 0 Å². The highest BCUT2D eigenvalue weighted by molar-refractivity contribution is 7.73. The van der Waals surface area contributed by atoms with Gasteiger partial charge in [-0.1, -0.05) is 6.92 Å². The third-order valence-electron chi connectivity index (χ3n) is 3.68. The van der Waals surface area contributed by atoms with Crippen LogP contribution in [0.4, 0.5) is 0 Å². The van der Waals surface area contributed by atoms with E-state index in [1.165, 1.54) is 0 Å². The Kier molecular flexibility index (Phi) is 7.74. The number of thiazole rings is 1. The van der Waals surface area contributed by atoms with Crippen LogP contribution in [0.1, 0.15) is 31.5 Å². The van der Waals surface area contributed by atoms with Crippen molar-refractivity contribution in [1.82, 2.24) is 4.57 Å². The summed E-state index contributed by atoms with van der Waals surface area (Å²) < 4.78 is 25.4. The Morgan fingerprint density at radius 2 is 1.92 bits per heavy atom. The molecule has 25 heavy (non-hydrogen) atoms. The maximum Gasteiger partial charge on any atom is 0.203 e. The normalized spacial score (nSPS) is 10.7. The lowest BCUT2D eigenvalue weighted by Crippen LogP contribution is -2.09. The molecule has 0 bridgehead atoms. The van der Waals surface area contributed by atoms with Crippen LogP contribution in [0.25, 0.3) is 0 Å². The lowest BCUT2D eigenvalue weighted by Gasteiger charge is -2.18. The second kappa shape index (κ2) is 9.79. The first-order valence-electron chi connectivity index (χ1n) is 8.27. The van der Waals surface area contributed by atoms with Crippen molar-refractivity contribution in [3.05, 3.63) is 32.7 Å². The zero-order valence-electron chi connectivity index (χ0n) is 15.2. The predicted molar refractivity (Wildman–Crippen MR) is 103 cm³/mol. The SMILES string of the molecule is CCCOc1c(OC)ccc(Cn2c(COCC)csc2=S)c1OC. The van der Waals surface area contributed by atoms with E-state index >= 15 is 0 Å². The van der Waals surface area contributed by atoms with Crippen LogP contribution in [-0.2, 0) is 17.9 Å². The second-order valence-electron chi connectivity index (χ2n) is 5.35. The van der Waals surface area contributed by atoms with Crippen LogP contribution in [0.3, 0.4) is 0 Å². The maximum absolute atomic E-state index is 5.88. The van der Waals surface area contributed by atoms with E-state index in [1.807, 2.05) is 24.4 Å². The summed E-state index contributed by atoms with van der Waals surface area (Å²) in [4.78, 5) is 0. The summed E-state index contributed by atoms with van der Waals surface area (Å²) in [6.45, 7) is 6.46. The van der Waals surface area contributed by atoms with Gasteiger partial charge in [0.1, 0.15) is 0 Å². The van der Waals surface area contributed by atoms with Crippen molar-refractivity contribution in [1.29, 1.82) is 0 Å². The number of aromatic nitrogens is 1. The lowest BCUT2D eigenvalue weighted by atomic mass is 10.1. The van der Waals surface area contributed by atoms with Crippen LogP contribution in [0.5, 0.6) is 17.2 Å². The van der Waals surface area contributed by atoms with Crippen molar-refractivity contribution in [3.63, 3.8) is 0 Å². The molecule has 0 N–H and O–H groups in total. The average Bonchev–Trinajstić information content (AvgIpc) is 2.97. The van der Waals surface area contributed by atoms with E-state index < -0.39 is 0 Å². The number of benzene rings is 1. The van der Waals surface area contributed by atoms with Gasteiger partial charge in [-0.3, -0.25) is 0 Å². The minimum absolute atomic E-state index is 0.543. The van der Waals surface area contributed by atoms with Crippen LogP contribution in [0.15, 0.2) is 17.5 Å². The molecule has 138 valence electrons. The molecule has 0 aliphatic carbocycles. The zero-order valence-corrected chi connectivity index (χ0v) is 16.8. The van der Waals surface area contributed by atoms with Crippen LogP contribution < -0.4 is 14.2 Å². The molecule has 0 atom stereocenters. The number of ether oxygens (including phenoxy) is 4. The fourth-order valence-electron chi connectivity index (χ4n) is 2.45. The zero-order chi connectivity index (χ0) is 18.2. The highest BCUT2D eigenvalue weighted by Crippen LogP contribution is 2.40. The molecule has 0 aliphatic heterocycles. The van der Waals surface area contributed by atoms with Crippen molar-refractivity contribution >= 4 is 23.6 Å². The molecule has 0 aliphatic rings. The lowest BCUT2D eigenvalue weighted by molar-refractivity contribution is 0.129. The van der Waals surface area contributed by atoms with Crippen LogP contribution in [0, 0.1) is 3.95 Å². The smallest absolute Gasteiger partial charge is 0.203 e. The molecule has 2 rings (SSSR count). The van der Waals surface area contributed by atoms with Crippen molar-refractivity contribution in [3.8, 4) is 17.2 Å². The van der Waals surface area contributed by atoms with Gasteiger partial charge in [0, 0.05) is 17.6 Å². The monoisotopic (exact) mass is 383 g/mol. The van der Waals surface area contributed by atoms with Crippen LogP contribution in [-0.4, -0.2) is 32.0 Å². The van der Waals surface area contributed by atoms with E-state index in [1.54, 1.807) is 25.6 Å². The summed E-state index contributed by atoms with van der Waals surface area (Å²) in [5, 5.41) is 2.04. The molecule has 0 fully saturated rings. The van der Waals surface area contributed by atoms with E-state index in [9.17, 15) is 0 Å². The molecule has 7 heteroatoms. The van der Waals surface area contributed by atoms with Crippen LogP contribution >= 0.6 is 23.6 Å². The summed E-state index contributed by atoms with van der Waals surface area (Å²) in [5.74, 6) is 1.98. The van der Waals surface area contributed by atoms with Crippen molar-refractivity contribution in [2.45, 2.75) is 33.4 Å². The maximum atomic E-state index is 5.88. The Morgan fingerprint density at radius 1 is 1.12 bits per heavy atom. The molecule has 1 aromatic heterocycles. The Labute approximate surface area is 158 Å². The number of hydrogen-bond acceptors (Lipinski definition) is 6. The van der Waals surface area contributed by atoms with E-state index in [0.29, 0.717) is 43.6 Å². The molecular weight excluding hydrogens is 358 g/mol. The van der Waals surface area contributed by atoms with Gasteiger partial charge >= 0.3 is 0 Å². The van der Waals surface area contributed by atoms with Crippen molar-refractivity contribution < 1.29 is 18.9 Å². The number of rotatable bonds is 10. The fraction of sp³-hybridized carbons (Fsp3) is 0.500. The Balaban J connectivity index is 2.40. The molecule has 0 saturated carbocycles. The Hall–Kier alpha value is -1.57. The molecule has 0 saturated heterocycles. The third kappa shape index (κ3) is 4.74. The Morgan fingerprint density at radius 3 is 2.56 bits per heavy atom. The van der Waals surface area contributed by atoms with E-state index in [2.05, 4.69) is 11.5 Å². The van der Waals surface area contributed by atoms with Crippen molar-refractivity contribution in [2.24, 2.45) is 0 Å². The van der Waals surface area contributed by atoms with Crippen LogP contribution in [0.2, 0.25) is 0 Å². The largest absolute Gasteiger partial charge is 0.493 e. The molecule has 0 spiro atoms. The fourth-order valence-corrected chi connectivity index (χ4v) is 3.52. The van der Waals surface area contributed by atoms with Gasteiger partial charge in [-0.05, 0) is 37.7 Å². The van der Waals surface area contributed by atoms with E-state index in [4.69, 9.17) is 31.2 Å². The quantitative estimate of drug-likeness (QED) is 0.558. The van der Waals surface area contributed by atoms with Gasteiger partial charge in [0.05, 0.1) is 39.7 Å². The number of hydrogen-bond donors (Lipinski definition) is 0. The first-order chi connectivity index (χ1) is 12.2. The van der Waals surface area contributed by atoms with Gasteiger partial charge in [-0.2, -0.15) is 0 Å². The molecule has 0 amide bonds. The topological polar surface area (TPSA) is 41.9 Å². The minimum Gasteiger partial charge on any atom is -0.493 e. The van der Waals surface area contributed by atoms with E-state index in [-0.39, 0.29) is 0 Å². The molecule has 0 unspecified atom stereocenters. The molecule has 1 heterocycles. The number of methoxy groups -OCH3 is 2. The van der Waals surface area contributed by atoms with Gasteiger partial charge < -0.3 is 23.5 Å². The summed E-state index contributed by atoms with van der Waals surface area (Å²) in [7, 11) is 3.27. The molecule has 0 radical (unpaired) electrons. The standard InChI is InChI=1S/C18H25NO4S2/c1-5-9-23-17-15(20-3)8-7-13(16(17)21-4)10-19-14(11-22-6-2)12-25-18(19)24/h7-8,12H,5-6,9-11H2,1-4H3. The third-order valence-corrected chi connectivity index (χ3v) is 5.00. The molecule has 5 nitrogen and oxygen atoms in total. The molecular formula is C18H25NO4S2. The van der Waals surface area contributed by atoms with Crippen molar-refractivity contribution in [2.75, 3.05) is 27.4 Å². The number of nitrogens with zero attached hydrogens (tertiary/aromatic N) is 1.